The van der Waals surface area contributed by atoms with Crippen molar-refractivity contribution >= 4 is 11.9 Å². The van der Waals surface area contributed by atoms with Crippen LogP contribution in [-0.2, 0) is 19.1 Å². The fraction of sp³-hybridized carbons (Fsp3) is 0.621. The summed E-state index contributed by atoms with van der Waals surface area (Å²) in [6, 6.07) is 0. The molecule has 1 atom stereocenters. The van der Waals surface area contributed by atoms with Gasteiger partial charge in [-0.1, -0.05) is 212 Å². The zero-order valence-electron chi connectivity index (χ0n) is 40.5. The number of allylic oxidation sites excluding steroid dienone is 20. The number of aliphatic hydroxyl groups excluding tert-OH is 1. The van der Waals surface area contributed by atoms with Crippen molar-refractivity contribution in [3.8, 4) is 0 Å². The second-order valence-electron chi connectivity index (χ2n) is 16.5. The van der Waals surface area contributed by atoms with E-state index in [1.807, 2.05) is 0 Å². The standard InChI is InChI=1S/C58H94O5/c1-3-5-7-9-11-13-15-17-19-20-21-22-23-24-25-26-27-28-29-30-31-32-33-34-35-36-37-38-39-41-43-45-47-49-51-53-58(61)63-56(54-59)55-62-57(60)52-50-48-46-44-42-40-18-16-14-12-10-8-6-4-2/h5,7,11,13,16-19,21-22,24-25,27-28,30-31,33-34,36-37,56,59H,3-4,6,8-10,12,14-15,20,23,26,29,32,35,38-55H2,1-2H3/b7-5-,13-11-,18-16-,19-17-,22-21-,25-24-,28-27-,31-30-,34-33-,37-36-. The van der Waals surface area contributed by atoms with Crippen molar-refractivity contribution in [2.45, 2.75) is 219 Å². The van der Waals surface area contributed by atoms with E-state index in [4.69, 9.17) is 9.47 Å². The lowest BCUT2D eigenvalue weighted by molar-refractivity contribution is -0.161. The lowest BCUT2D eigenvalue weighted by Gasteiger charge is -2.15. The largest absolute Gasteiger partial charge is 0.462 e. The van der Waals surface area contributed by atoms with Crippen molar-refractivity contribution in [2.24, 2.45) is 0 Å². The topological polar surface area (TPSA) is 72.8 Å². The Morgan fingerprint density at radius 3 is 1.05 bits per heavy atom. The third-order valence-corrected chi connectivity index (χ3v) is 10.5. The summed E-state index contributed by atoms with van der Waals surface area (Å²) in [5, 5.41) is 9.61. The van der Waals surface area contributed by atoms with Gasteiger partial charge in [-0.3, -0.25) is 9.59 Å². The van der Waals surface area contributed by atoms with Gasteiger partial charge in [0.2, 0.25) is 0 Å². The molecule has 0 aromatic heterocycles. The molecule has 0 aliphatic rings. The number of carbonyl (C=O) groups is 2. The highest BCUT2D eigenvalue weighted by atomic mass is 16.6. The smallest absolute Gasteiger partial charge is 0.306 e. The highest BCUT2D eigenvalue weighted by molar-refractivity contribution is 5.70. The van der Waals surface area contributed by atoms with E-state index in [0.29, 0.717) is 12.8 Å². The average molecular weight is 871 g/mol. The molecule has 0 amide bonds. The molecule has 1 unspecified atom stereocenters. The second kappa shape index (κ2) is 52.6. The number of unbranched alkanes of at least 4 members (excludes halogenated alkanes) is 17. The molecule has 356 valence electrons. The molecular weight excluding hydrogens is 777 g/mol. The number of hydrogen-bond acceptors (Lipinski definition) is 5. The average Bonchev–Trinajstić information content (AvgIpc) is 3.29. The molecule has 0 spiro atoms. The van der Waals surface area contributed by atoms with Crippen molar-refractivity contribution < 1.29 is 24.2 Å². The van der Waals surface area contributed by atoms with Gasteiger partial charge < -0.3 is 14.6 Å². The number of carbonyl (C=O) groups excluding carboxylic acids is 2. The Morgan fingerprint density at radius 1 is 0.381 bits per heavy atom. The minimum Gasteiger partial charge on any atom is -0.462 e. The highest BCUT2D eigenvalue weighted by Gasteiger charge is 2.16. The zero-order valence-corrected chi connectivity index (χ0v) is 40.5. The van der Waals surface area contributed by atoms with E-state index >= 15 is 0 Å². The Bertz CT molecular complexity index is 1310. The monoisotopic (exact) mass is 871 g/mol. The van der Waals surface area contributed by atoms with E-state index in [2.05, 4.69) is 135 Å². The Kier molecular flexibility index (Phi) is 49.6. The first-order chi connectivity index (χ1) is 31.1. The molecule has 5 heteroatoms. The molecule has 0 bridgehead atoms. The summed E-state index contributed by atoms with van der Waals surface area (Å²) in [7, 11) is 0. The highest BCUT2D eigenvalue weighted by Crippen LogP contribution is 2.13. The summed E-state index contributed by atoms with van der Waals surface area (Å²) >= 11 is 0. The number of esters is 2. The molecule has 0 radical (unpaired) electrons. The van der Waals surface area contributed by atoms with Crippen LogP contribution in [0.3, 0.4) is 0 Å². The summed E-state index contributed by atoms with van der Waals surface area (Å²) in [5.74, 6) is -0.621. The quantitative estimate of drug-likeness (QED) is 0.0375. The SMILES string of the molecule is CC/C=C\C/C=C\C/C=C\C/C=C\C/C=C\C/C=C\C/C=C\C/C=C\C/C=C\CCCCCCCCCC(=O)OC(CO)COC(=O)CCCCCCC/C=C\CCCCCCC. The van der Waals surface area contributed by atoms with Crippen molar-refractivity contribution in [1.29, 1.82) is 0 Å². The molecule has 5 nitrogen and oxygen atoms in total. The molecule has 0 aromatic carbocycles. The minimum atomic E-state index is -0.789. The Morgan fingerprint density at radius 2 is 0.683 bits per heavy atom. The van der Waals surface area contributed by atoms with Gasteiger partial charge in [-0.15, -0.1) is 0 Å². The molecule has 0 aliphatic heterocycles. The Labute approximate surface area is 388 Å². The zero-order chi connectivity index (χ0) is 45.6. The Hall–Kier alpha value is -3.70. The van der Waals surface area contributed by atoms with Crippen LogP contribution in [0.15, 0.2) is 122 Å². The molecule has 0 aliphatic carbocycles. The van der Waals surface area contributed by atoms with Crippen LogP contribution < -0.4 is 0 Å². The molecule has 0 aromatic rings. The van der Waals surface area contributed by atoms with E-state index in [1.54, 1.807) is 0 Å². The maximum atomic E-state index is 12.3. The number of ether oxygens (including phenoxy) is 2. The first-order valence-electron chi connectivity index (χ1n) is 25.6. The van der Waals surface area contributed by atoms with Crippen LogP contribution in [0, 0.1) is 0 Å². The van der Waals surface area contributed by atoms with Gasteiger partial charge in [0.15, 0.2) is 6.10 Å². The summed E-state index contributed by atoms with van der Waals surface area (Å²) in [4.78, 5) is 24.4. The minimum absolute atomic E-state index is 0.0810. The molecule has 0 rings (SSSR count). The maximum Gasteiger partial charge on any atom is 0.306 e. The van der Waals surface area contributed by atoms with Crippen molar-refractivity contribution in [3.05, 3.63) is 122 Å². The predicted octanol–water partition coefficient (Wildman–Crippen LogP) is 17.1. The summed E-state index contributed by atoms with van der Waals surface area (Å²) in [6.45, 7) is 3.99. The van der Waals surface area contributed by atoms with Gasteiger partial charge in [-0.2, -0.15) is 0 Å². The lowest BCUT2D eigenvalue weighted by atomic mass is 10.1. The van der Waals surface area contributed by atoms with E-state index in [9.17, 15) is 14.7 Å². The number of aliphatic hydroxyl groups is 1. The van der Waals surface area contributed by atoms with E-state index in [0.717, 1.165) is 109 Å². The number of rotatable bonds is 45. The van der Waals surface area contributed by atoms with Crippen LogP contribution in [0.5, 0.6) is 0 Å². The third-order valence-electron chi connectivity index (χ3n) is 10.5. The van der Waals surface area contributed by atoms with Gasteiger partial charge in [0.05, 0.1) is 6.61 Å². The van der Waals surface area contributed by atoms with Gasteiger partial charge in [0.1, 0.15) is 6.61 Å². The van der Waals surface area contributed by atoms with Crippen LogP contribution >= 0.6 is 0 Å². The molecule has 0 saturated heterocycles. The molecule has 0 saturated carbocycles. The van der Waals surface area contributed by atoms with E-state index < -0.39 is 6.10 Å². The van der Waals surface area contributed by atoms with Crippen LogP contribution in [-0.4, -0.2) is 36.4 Å². The molecular formula is C58H94O5. The van der Waals surface area contributed by atoms with Crippen LogP contribution in [0.4, 0.5) is 0 Å². The van der Waals surface area contributed by atoms with Crippen molar-refractivity contribution in [3.63, 3.8) is 0 Å². The van der Waals surface area contributed by atoms with Gasteiger partial charge in [-0.05, 0) is 109 Å². The first kappa shape index (κ1) is 59.3. The lowest BCUT2D eigenvalue weighted by Crippen LogP contribution is -2.28. The van der Waals surface area contributed by atoms with Gasteiger partial charge in [0.25, 0.3) is 0 Å². The van der Waals surface area contributed by atoms with Gasteiger partial charge in [-0.25, -0.2) is 0 Å². The predicted molar refractivity (Wildman–Crippen MR) is 274 cm³/mol. The normalized spacial score (nSPS) is 13.3. The first-order valence-corrected chi connectivity index (χ1v) is 25.6. The Balaban J connectivity index is 3.63. The number of hydrogen-bond donors (Lipinski definition) is 1. The molecule has 0 fully saturated rings. The van der Waals surface area contributed by atoms with Crippen LogP contribution in [0.2, 0.25) is 0 Å². The molecule has 63 heavy (non-hydrogen) atoms. The van der Waals surface area contributed by atoms with Crippen LogP contribution in [0.25, 0.3) is 0 Å². The van der Waals surface area contributed by atoms with Crippen LogP contribution in [0.1, 0.15) is 213 Å². The van der Waals surface area contributed by atoms with Gasteiger partial charge in [0, 0.05) is 12.8 Å². The molecule has 1 N–H and O–H groups in total. The molecule has 0 heterocycles. The van der Waals surface area contributed by atoms with E-state index in [1.165, 1.54) is 77.0 Å². The third kappa shape index (κ3) is 50.8. The second-order valence-corrected chi connectivity index (χ2v) is 16.5. The maximum absolute atomic E-state index is 12.3. The van der Waals surface area contributed by atoms with Gasteiger partial charge >= 0.3 is 11.9 Å². The summed E-state index contributed by atoms with van der Waals surface area (Å²) in [5.41, 5.74) is 0. The summed E-state index contributed by atoms with van der Waals surface area (Å²) in [6.07, 6.45) is 77.2. The summed E-state index contributed by atoms with van der Waals surface area (Å²) < 4.78 is 10.6. The van der Waals surface area contributed by atoms with E-state index in [-0.39, 0.29) is 25.2 Å². The van der Waals surface area contributed by atoms with Crippen molar-refractivity contribution in [2.75, 3.05) is 13.2 Å². The van der Waals surface area contributed by atoms with Crippen molar-refractivity contribution in [1.82, 2.24) is 0 Å². The fourth-order valence-electron chi connectivity index (χ4n) is 6.66. The fourth-order valence-corrected chi connectivity index (χ4v) is 6.66.